The van der Waals surface area contributed by atoms with Gasteiger partial charge in [0.05, 0.1) is 18.7 Å². The van der Waals surface area contributed by atoms with Crippen LogP contribution in [-0.2, 0) is 0 Å². The number of rotatable bonds is 2. The Morgan fingerprint density at radius 3 is 2.50 bits per heavy atom. The smallest absolute Gasteiger partial charge is 0.200 e. The van der Waals surface area contributed by atoms with Crippen LogP contribution < -0.4 is 5.32 Å². The van der Waals surface area contributed by atoms with Crippen molar-refractivity contribution in [2.75, 3.05) is 5.32 Å². The third kappa shape index (κ3) is 2.19. The number of aryl methyl sites for hydroxylation is 1. The van der Waals surface area contributed by atoms with Crippen molar-refractivity contribution in [3.8, 4) is 0 Å². The summed E-state index contributed by atoms with van der Waals surface area (Å²) >= 11 is 0. The van der Waals surface area contributed by atoms with Crippen molar-refractivity contribution in [1.82, 2.24) is 10.2 Å². The van der Waals surface area contributed by atoms with Gasteiger partial charge in [-0.05, 0) is 23.6 Å². The number of nitrogens with zero attached hydrogens (tertiary/aromatic N) is 2. The SMILES string of the molecule is [C-]#[N+]C1=C(c2ccccc2)Nc2[nH]ncc2C1c1ccccc1C. The molecule has 2 N–H and O–H groups in total. The molecule has 116 valence electrons. The van der Waals surface area contributed by atoms with Crippen molar-refractivity contribution < 1.29 is 0 Å². The molecule has 2 aromatic carbocycles. The van der Waals surface area contributed by atoms with Crippen LogP contribution in [0.3, 0.4) is 0 Å². The Balaban J connectivity index is 1.98. The molecule has 0 saturated heterocycles. The first-order chi connectivity index (χ1) is 11.8. The van der Waals surface area contributed by atoms with Crippen molar-refractivity contribution in [1.29, 1.82) is 0 Å². The molecule has 1 aromatic heterocycles. The van der Waals surface area contributed by atoms with E-state index in [-0.39, 0.29) is 5.92 Å². The fourth-order valence-electron chi connectivity index (χ4n) is 3.27. The van der Waals surface area contributed by atoms with Gasteiger partial charge >= 0.3 is 0 Å². The number of nitrogens with one attached hydrogen (secondary N) is 2. The van der Waals surface area contributed by atoms with Crippen LogP contribution in [0.15, 0.2) is 66.5 Å². The second-order valence-electron chi connectivity index (χ2n) is 5.85. The summed E-state index contributed by atoms with van der Waals surface area (Å²) in [5, 5.41) is 10.6. The molecule has 0 spiro atoms. The number of H-pyrrole nitrogens is 1. The summed E-state index contributed by atoms with van der Waals surface area (Å²) in [5.41, 5.74) is 5.86. The quantitative estimate of drug-likeness (QED) is 0.681. The first kappa shape index (κ1) is 14.3. The van der Waals surface area contributed by atoms with Gasteiger partial charge < -0.3 is 5.32 Å². The Bertz CT molecular complexity index is 961. The normalized spacial score (nSPS) is 16.2. The van der Waals surface area contributed by atoms with E-state index in [0.29, 0.717) is 5.70 Å². The third-order valence-corrected chi connectivity index (χ3v) is 4.44. The van der Waals surface area contributed by atoms with Crippen molar-refractivity contribution in [3.63, 3.8) is 0 Å². The number of anilines is 1. The fourth-order valence-corrected chi connectivity index (χ4v) is 3.27. The molecule has 3 aromatic rings. The molecule has 0 fully saturated rings. The summed E-state index contributed by atoms with van der Waals surface area (Å²) in [4.78, 5) is 3.91. The summed E-state index contributed by atoms with van der Waals surface area (Å²) in [6.07, 6.45) is 1.81. The fraction of sp³-hybridized carbons (Fsp3) is 0.100. The predicted octanol–water partition coefficient (Wildman–Crippen LogP) is 4.56. The van der Waals surface area contributed by atoms with Gasteiger partial charge in [-0.3, -0.25) is 5.10 Å². The maximum absolute atomic E-state index is 7.82. The minimum absolute atomic E-state index is 0.117. The molecule has 0 aliphatic carbocycles. The number of hydrogen-bond donors (Lipinski definition) is 2. The zero-order valence-electron chi connectivity index (χ0n) is 13.2. The van der Waals surface area contributed by atoms with Crippen LogP contribution in [0.4, 0.5) is 5.82 Å². The highest BCUT2D eigenvalue weighted by Crippen LogP contribution is 2.44. The number of fused-ring (bicyclic) bond motifs is 1. The lowest BCUT2D eigenvalue weighted by atomic mass is 9.83. The van der Waals surface area contributed by atoms with Gasteiger partial charge in [-0.25, -0.2) is 4.85 Å². The number of aromatic amines is 1. The van der Waals surface area contributed by atoms with E-state index in [9.17, 15) is 0 Å². The monoisotopic (exact) mass is 312 g/mol. The van der Waals surface area contributed by atoms with E-state index < -0.39 is 0 Å². The highest BCUT2D eigenvalue weighted by atomic mass is 15.2. The first-order valence-electron chi connectivity index (χ1n) is 7.82. The van der Waals surface area contributed by atoms with Gasteiger partial charge in [0.2, 0.25) is 5.70 Å². The average Bonchev–Trinajstić information content (AvgIpc) is 3.10. The molecule has 1 aliphatic rings. The Morgan fingerprint density at radius 2 is 1.75 bits per heavy atom. The van der Waals surface area contributed by atoms with E-state index in [0.717, 1.165) is 28.2 Å². The number of aromatic nitrogens is 2. The molecule has 1 aliphatic heterocycles. The van der Waals surface area contributed by atoms with Crippen molar-refractivity contribution >= 4 is 11.5 Å². The highest BCUT2D eigenvalue weighted by Gasteiger charge is 2.32. The van der Waals surface area contributed by atoms with Crippen LogP contribution in [0, 0.1) is 13.5 Å². The molecule has 0 bridgehead atoms. The lowest BCUT2D eigenvalue weighted by Crippen LogP contribution is -2.16. The van der Waals surface area contributed by atoms with Crippen LogP contribution in [-0.4, -0.2) is 10.2 Å². The highest BCUT2D eigenvalue weighted by molar-refractivity contribution is 5.85. The zero-order chi connectivity index (χ0) is 16.5. The number of allylic oxidation sites excluding steroid dienone is 1. The van der Waals surface area contributed by atoms with E-state index >= 15 is 0 Å². The topological polar surface area (TPSA) is 45.1 Å². The molecule has 2 heterocycles. The van der Waals surface area contributed by atoms with Gasteiger partial charge in [0.1, 0.15) is 5.82 Å². The van der Waals surface area contributed by atoms with Crippen molar-refractivity contribution in [3.05, 3.63) is 100 Å². The second kappa shape index (κ2) is 5.71. The van der Waals surface area contributed by atoms with Gasteiger partial charge in [0.25, 0.3) is 0 Å². The Labute approximate surface area is 140 Å². The zero-order valence-corrected chi connectivity index (χ0v) is 13.2. The van der Waals surface area contributed by atoms with Gasteiger partial charge in [-0.1, -0.05) is 54.6 Å². The van der Waals surface area contributed by atoms with E-state index in [1.165, 1.54) is 5.56 Å². The maximum Gasteiger partial charge on any atom is 0.200 e. The molecule has 0 amide bonds. The molecule has 1 unspecified atom stereocenters. The van der Waals surface area contributed by atoms with Crippen LogP contribution in [0.1, 0.15) is 28.2 Å². The summed E-state index contributed by atoms with van der Waals surface area (Å²) in [7, 11) is 0. The van der Waals surface area contributed by atoms with Crippen molar-refractivity contribution in [2.24, 2.45) is 0 Å². The molecular formula is C20H16N4. The van der Waals surface area contributed by atoms with Crippen LogP contribution >= 0.6 is 0 Å². The third-order valence-electron chi connectivity index (χ3n) is 4.44. The summed E-state index contributed by atoms with van der Waals surface area (Å²) in [6, 6.07) is 18.2. The second-order valence-corrected chi connectivity index (χ2v) is 5.85. The van der Waals surface area contributed by atoms with Gasteiger partial charge in [-0.2, -0.15) is 5.10 Å². The molecule has 1 atom stereocenters. The number of hydrogen-bond acceptors (Lipinski definition) is 2. The molecule has 24 heavy (non-hydrogen) atoms. The minimum Gasteiger partial charge on any atom is -0.349 e. The minimum atomic E-state index is -0.117. The van der Waals surface area contributed by atoms with E-state index in [1.807, 2.05) is 48.7 Å². The molecule has 4 heteroatoms. The van der Waals surface area contributed by atoms with E-state index in [1.54, 1.807) is 0 Å². The summed E-state index contributed by atoms with van der Waals surface area (Å²) < 4.78 is 0. The van der Waals surface area contributed by atoms with Gasteiger partial charge in [-0.15, -0.1) is 0 Å². The largest absolute Gasteiger partial charge is 0.349 e. The lowest BCUT2D eigenvalue weighted by molar-refractivity contribution is 0.952. The molecular weight excluding hydrogens is 296 g/mol. The summed E-state index contributed by atoms with van der Waals surface area (Å²) in [5.74, 6) is 0.739. The van der Waals surface area contributed by atoms with Gasteiger partial charge in [0, 0.05) is 11.3 Å². The molecule has 4 nitrogen and oxygen atoms in total. The predicted molar refractivity (Wildman–Crippen MR) is 95.2 cm³/mol. The van der Waals surface area contributed by atoms with Crippen LogP contribution in [0.25, 0.3) is 10.5 Å². The molecule has 4 rings (SSSR count). The van der Waals surface area contributed by atoms with Crippen molar-refractivity contribution in [2.45, 2.75) is 12.8 Å². The Morgan fingerprint density at radius 1 is 1.00 bits per heavy atom. The first-order valence-corrected chi connectivity index (χ1v) is 7.82. The Hall–Kier alpha value is -3.32. The van der Waals surface area contributed by atoms with Gasteiger partial charge in [0.15, 0.2) is 0 Å². The standard InChI is InChI=1S/C20H16N4/c1-13-8-6-7-11-15(13)17-16-12-22-24-20(16)23-18(19(17)21-2)14-9-4-3-5-10-14/h3-12,17H,1H3,(H2,22,23,24). The van der Waals surface area contributed by atoms with Crippen LogP contribution in [0.5, 0.6) is 0 Å². The van der Waals surface area contributed by atoms with E-state index in [2.05, 4.69) is 39.4 Å². The number of benzene rings is 2. The summed E-state index contributed by atoms with van der Waals surface area (Å²) in [6.45, 7) is 9.90. The van der Waals surface area contributed by atoms with Crippen LogP contribution in [0.2, 0.25) is 0 Å². The lowest BCUT2D eigenvalue weighted by Gasteiger charge is -2.27. The van der Waals surface area contributed by atoms with E-state index in [4.69, 9.17) is 6.57 Å². The Kier molecular flexibility index (Phi) is 3.40. The maximum atomic E-state index is 7.82. The molecule has 0 radical (unpaired) electrons. The molecule has 0 saturated carbocycles. The average molecular weight is 312 g/mol.